The molecule has 0 saturated carbocycles. The quantitative estimate of drug-likeness (QED) is 0.353. The summed E-state index contributed by atoms with van der Waals surface area (Å²) in [5.74, 6) is 0.0504. The molecule has 2 aliphatic rings. The summed E-state index contributed by atoms with van der Waals surface area (Å²) in [5, 5.41) is 8.15. The van der Waals surface area contributed by atoms with E-state index in [0.29, 0.717) is 33.9 Å². The number of nitrogens with one attached hydrogen (secondary N) is 1. The van der Waals surface area contributed by atoms with Crippen molar-refractivity contribution in [2.24, 2.45) is 23.9 Å². The van der Waals surface area contributed by atoms with Gasteiger partial charge < -0.3 is 10.1 Å². The zero-order chi connectivity index (χ0) is 27.4. The number of nitrogens with zero attached hydrogens (tertiary/aromatic N) is 4. The average Bonchev–Trinajstić information content (AvgIpc) is 3.53. The van der Waals surface area contributed by atoms with Gasteiger partial charge in [-0.05, 0) is 49.7 Å². The monoisotopic (exact) mass is 557 g/mol. The number of carbonyl (C=O) groups is 3. The highest BCUT2D eigenvalue weighted by molar-refractivity contribution is 8.14. The van der Waals surface area contributed by atoms with Crippen LogP contribution in [0.2, 0.25) is 0 Å². The number of ether oxygens (including phenoxy) is 1. The van der Waals surface area contributed by atoms with Gasteiger partial charge in [0.25, 0.3) is 5.91 Å². The molecular formula is C27H35N5O4S2. The van der Waals surface area contributed by atoms with Crippen LogP contribution < -0.4 is 5.32 Å². The topological polar surface area (TPSA) is 106 Å². The SMILES string of the molecule is CCOC(=O)c1c(NC(=O)CSC2=N/C(=C/c3cnn(C)c3)C(=O)N2CC(C)C)sc2c1CCC(CC)C2. The maximum Gasteiger partial charge on any atom is 0.341 e. The molecule has 204 valence electrons. The number of fused-ring (bicyclic) bond motifs is 1. The van der Waals surface area contributed by atoms with Crippen molar-refractivity contribution >= 4 is 57.1 Å². The normalized spacial score (nSPS) is 18.2. The number of carbonyl (C=O) groups excluding carboxylic acids is 3. The molecule has 0 radical (unpaired) electrons. The molecular weight excluding hydrogens is 522 g/mol. The first-order valence-electron chi connectivity index (χ1n) is 13.0. The van der Waals surface area contributed by atoms with Gasteiger partial charge in [-0.25, -0.2) is 9.79 Å². The van der Waals surface area contributed by atoms with E-state index in [2.05, 4.69) is 22.3 Å². The molecule has 1 N–H and O–H groups in total. The predicted octanol–water partition coefficient (Wildman–Crippen LogP) is 4.74. The van der Waals surface area contributed by atoms with Crippen LogP contribution in [0.25, 0.3) is 6.08 Å². The molecule has 2 aromatic rings. The Kier molecular flexibility index (Phi) is 9.09. The van der Waals surface area contributed by atoms with Crippen molar-refractivity contribution in [2.45, 2.75) is 53.4 Å². The van der Waals surface area contributed by atoms with Gasteiger partial charge in [0.15, 0.2) is 5.17 Å². The molecule has 9 nitrogen and oxygen atoms in total. The lowest BCUT2D eigenvalue weighted by Crippen LogP contribution is -2.34. The fourth-order valence-corrected chi connectivity index (χ4v) is 6.82. The Hall–Kier alpha value is -2.92. The summed E-state index contributed by atoms with van der Waals surface area (Å²) < 4.78 is 6.99. The molecule has 2 amide bonds. The van der Waals surface area contributed by atoms with Gasteiger partial charge in [0.1, 0.15) is 10.7 Å². The lowest BCUT2D eigenvalue weighted by atomic mass is 9.85. The number of hydrogen-bond acceptors (Lipinski definition) is 8. The van der Waals surface area contributed by atoms with Crippen LogP contribution in [-0.4, -0.2) is 56.5 Å². The highest BCUT2D eigenvalue weighted by Gasteiger charge is 2.33. The zero-order valence-corrected chi connectivity index (χ0v) is 24.2. The summed E-state index contributed by atoms with van der Waals surface area (Å²) in [5.41, 5.74) is 2.62. The molecule has 1 atom stereocenters. The Labute approximate surface area is 231 Å². The van der Waals surface area contributed by atoms with E-state index in [1.165, 1.54) is 23.1 Å². The van der Waals surface area contributed by atoms with E-state index in [1.807, 2.05) is 27.1 Å². The molecule has 1 aliphatic heterocycles. The Balaban J connectivity index is 1.50. The molecule has 1 aliphatic carbocycles. The highest BCUT2D eigenvalue weighted by Crippen LogP contribution is 2.41. The first-order valence-corrected chi connectivity index (χ1v) is 14.8. The van der Waals surface area contributed by atoms with E-state index >= 15 is 0 Å². The molecule has 0 spiro atoms. The van der Waals surface area contributed by atoms with Crippen molar-refractivity contribution in [2.75, 3.05) is 24.2 Å². The standard InChI is InChI=1S/C27H35N5O4S2/c1-6-17-8-9-19-21(11-17)38-24(23(19)26(35)36-7-2)30-22(33)15-37-27-29-20(10-18-12-28-31(5)14-18)25(34)32(27)13-16(3)4/h10,12,14,16-17H,6-9,11,13,15H2,1-5H3,(H,30,33)/b20-10+. The molecule has 0 bridgehead atoms. The fourth-order valence-electron chi connectivity index (χ4n) is 4.64. The third-order valence-corrected chi connectivity index (χ3v) is 8.64. The number of aryl methyl sites for hydroxylation is 1. The Morgan fingerprint density at radius 3 is 2.79 bits per heavy atom. The van der Waals surface area contributed by atoms with Crippen molar-refractivity contribution in [1.82, 2.24) is 14.7 Å². The number of aromatic nitrogens is 2. The molecule has 38 heavy (non-hydrogen) atoms. The largest absolute Gasteiger partial charge is 0.462 e. The van der Waals surface area contributed by atoms with Crippen LogP contribution in [0.1, 0.15) is 66.9 Å². The highest BCUT2D eigenvalue weighted by atomic mass is 32.2. The molecule has 4 rings (SSSR count). The van der Waals surface area contributed by atoms with Gasteiger partial charge in [-0.1, -0.05) is 39.0 Å². The number of rotatable bonds is 9. The predicted molar refractivity (Wildman–Crippen MR) is 152 cm³/mol. The van der Waals surface area contributed by atoms with Crippen LogP contribution in [0.15, 0.2) is 23.1 Å². The molecule has 3 heterocycles. The van der Waals surface area contributed by atoms with Crippen molar-refractivity contribution in [3.8, 4) is 0 Å². The van der Waals surface area contributed by atoms with Gasteiger partial charge in [-0.15, -0.1) is 11.3 Å². The molecule has 0 aromatic carbocycles. The Morgan fingerprint density at radius 1 is 1.34 bits per heavy atom. The molecule has 0 fully saturated rings. The van der Waals surface area contributed by atoms with Gasteiger partial charge in [-0.2, -0.15) is 5.10 Å². The van der Waals surface area contributed by atoms with Crippen molar-refractivity contribution in [3.63, 3.8) is 0 Å². The minimum absolute atomic E-state index is 0.0588. The summed E-state index contributed by atoms with van der Waals surface area (Å²) >= 11 is 2.70. The van der Waals surface area contributed by atoms with Gasteiger partial charge in [-0.3, -0.25) is 19.2 Å². The van der Waals surface area contributed by atoms with E-state index in [4.69, 9.17) is 4.74 Å². The second-order valence-electron chi connectivity index (χ2n) is 9.96. The number of amides is 2. The van der Waals surface area contributed by atoms with Crippen LogP contribution in [0, 0.1) is 11.8 Å². The summed E-state index contributed by atoms with van der Waals surface area (Å²) in [6, 6.07) is 0. The lowest BCUT2D eigenvalue weighted by Gasteiger charge is -2.21. The minimum Gasteiger partial charge on any atom is -0.462 e. The molecule has 0 saturated heterocycles. The number of anilines is 1. The number of aliphatic imine (C=N–C) groups is 1. The molecule has 2 aromatic heterocycles. The number of hydrogen-bond donors (Lipinski definition) is 1. The van der Waals surface area contributed by atoms with Gasteiger partial charge in [0.05, 0.1) is 24.1 Å². The summed E-state index contributed by atoms with van der Waals surface area (Å²) in [4.78, 5) is 46.3. The Morgan fingerprint density at radius 2 is 2.13 bits per heavy atom. The van der Waals surface area contributed by atoms with Gasteiger partial charge in [0.2, 0.25) is 5.91 Å². The zero-order valence-electron chi connectivity index (χ0n) is 22.6. The fraction of sp³-hybridized carbons (Fsp3) is 0.519. The minimum atomic E-state index is -0.387. The molecule has 1 unspecified atom stereocenters. The first-order chi connectivity index (χ1) is 18.2. The average molecular weight is 558 g/mol. The third kappa shape index (κ3) is 6.37. The number of thiophene rings is 1. The van der Waals surface area contributed by atoms with E-state index in [9.17, 15) is 14.4 Å². The first kappa shape index (κ1) is 28.1. The summed E-state index contributed by atoms with van der Waals surface area (Å²) in [7, 11) is 1.81. The van der Waals surface area contributed by atoms with E-state index in [-0.39, 0.29) is 36.1 Å². The maximum absolute atomic E-state index is 13.1. The summed E-state index contributed by atoms with van der Waals surface area (Å²) in [6.07, 6.45) is 9.06. The number of esters is 1. The van der Waals surface area contributed by atoms with Crippen molar-refractivity contribution in [1.29, 1.82) is 0 Å². The maximum atomic E-state index is 13.1. The summed E-state index contributed by atoms with van der Waals surface area (Å²) in [6.45, 7) is 8.81. The van der Waals surface area contributed by atoms with Crippen LogP contribution in [-0.2, 0) is 34.2 Å². The van der Waals surface area contributed by atoms with Crippen molar-refractivity contribution < 1.29 is 19.1 Å². The lowest BCUT2D eigenvalue weighted by molar-refractivity contribution is -0.123. The second kappa shape index (κ2) is 12.3. The molecule has 11 heteroatoms. The van der Waals surface area contributed by atoms with E-state index in [0.717, 1.165) is 41.7 Å². The smallest absolute Gasteiger partial charge is 0.341 e. The number of amidine groups is 1. The number of thioether (sulfide) groups is 1. The van der Waals surface area contributed by atoms with Crippen LogP contribution >= 0.6 is 23.1 Å². The van der Waals surface area contributed by atoms with Gasteiger partial charge in [0, 0.05) is 30.2 Å². The van der Waals surface area contributed by atoms with Crippen LogP contribution in [0.3, 0.4) is 0 Å². The Bertz CT molecular complexity index is 1280. The third-order valence-electron chi connectivity index (χ3n) is 6.50. The van der Waals surface area contributed by atoms with Crippen molar-refractivity contribution in [3.05, 3.63) is 39.7 Å². The van der Waals surface area contributed by atoms with E-state index < -0.39 is 0 Å². The van der Waals surface area contributed by atoms with Gasteiger partial charge >= 0.3 is 5.97 Å². The van der Waals surface area contributed by atoms with E-state index in [1.54, 1.807) is 28.8 Å². The van der Waals surface area contributed by atoms with Crippen LogP contribution in [0.5, 0.6) is 0 Å². The second-order valence-corrected chi connectivity index (χ2v) is 12.0. The van der Waals surface area contributed by atoms with Crippen LogP contribution in [0.4, 0.5) is 5.00 Å².